The van der Waals surface area contributed by atoms with Crippen LogP contribution >= 0.6 is 0 Å². The van der Waals surface area contributed by atoms with E-state index >= 15 is 0 Å². The van der Waals surface area contributed by atoms with E-state index in [0.29, 0.717) is 23.3 Å². The van der Waals surface area contributed by atoms with Gasteiger partial charge in [-0.05, 0) is 91.5 Å². The summed E-state index contributed by atoms with van der Waals surface area (Å²) in [6.45, 7) is 0. The summed E-state index contributed by atoms with van der Waals surface area (Å²) < 4.78 is 0. The first kappa shape index (κ1) is 43.6. The molecule has 1 aliphatic heterocycles. The SMILES string of the molecule is c1ccc(-c2ccc(C3N=C(c4cccc(-c5ccccc5)c4)N=C(c4cccc(-c5cccc(-c6cccc(-c7cccc(-c8nc(-c9ccccc9)nc(-c9ccccc9)n8)c7)c6)c5)c4)N3)cc2)cc1. The van der Waals surface area contributed by atoms with Crippen molar-refractivity contribution < 1.29 is 0 Å². The maximum absolute atomic E-state index is 5.25. The Hall–Kier alpha value is -9.65. The van der Waals surface area contributed by atoms with Crippen LogP contribution in [0.1, 0.15) is 22.9 Å². The average molecular weight is 923 g/mol. The van der Waals surface area contributed by atoms with Gasteiger partial charge in [-0.1, -0.05) is 237 Å². The van der Waals surface area contributed by atoms with Crippen LogP contribution < -0.4 is 5.32 Å². The minimum Gasteiger partial charge on any atom is -0.344 e. The Morgan fingerprint density at radius 2 is 0.556 bits per heavy atom. The summed E-state index contributed by atoms with van der Waals surface area (Å²) in [6.07, 6.45) is -0.353. The van der Waals surface area contributed by atoms with E-state index in [9.17, 15) is 0 Å². The summed E-state index contributed by atoms with van der Waals surface area (Å²) in [5.74, 6) is 3.34. The van der Waals surface area contributed by atoms with Gasteiger partial charge in [-0.2, -0.15) is 0 Å². The molecular weight excluding hydrogens is 877 g/mol. The molecule has 0 aliphatic carbocycles. The number of amidine groups is 2. The molecule has 72 heavy (non-hydrogen) atoms. The molecule has 0 saturated heterocycles. The van der Waals surface area contributed by atoms with Gasteiger partial charge in [0.15, 0.2) is 23.3 Å². The van der Waals surface area contributed by atoms with Crippen LogP contribution in [-0.4, -0.2) is 26.6 Å². The number of hydrogen-bond acceptors (Lipinski definition) is 6. The molecule has 1 atom stereocenters. The lowest BCUT2D eigenvalue weighted by Gasteiger charge is -2.24. The van der Waals surface area contributed by atoms with E-state index in [0.717, 1.165) is 89.3 Å². The maximum atomic E-state index is 5.25. The highest BCUT2D eigenvalue weighted by molar-refractivity contribution is 6.13. The third kappa shape index (κ3) is 9.40. The number of rotatable bonds is 11. The van der Waals surface area contributed by atoms with E-state index in [1.165, 1.54) is 5.56 Å². The van der Waals surface area contributed by atoms with Gasteiger partial charge in [0.1, 0.15) is 12.0 Å². The summed E-state index contributed by atoms with van der Waals surface area (Å²) in [6, 6.07) is 92.8. The van der Waals surface area contributed by atoms with Crippen molar-refractivity contribution in [1.82, 2.24) is 20.3 Å². The lowest BCUT2D eigenvalue weighted by Crippen LogP contribution is -2.33. The van der Waals surface area contributed by atoms with E-state index in [1.807, 2.05) is 72.8 Å². The zero-order valence-electron chi connectivity index (χ0n) is 39.2. The molecule has 6 nitrogen and oxygen atoms in total. The highest BCUT2D eigenvalue weighted by atomic mass is 15.2. The van der Waals surface area contributed by atoms with Crippen molar-refractivity contribution in [1.29, 1.82) is 0 Å². The van der Waals surface area contributed by atoms with Crippen LogP contribution in [0.25, 0.3) is 89.8 Å². The molecule has 10 aromatic carbocycles. The van der Waals surface area contributed by atoms with Gasteiger partial charge in [0.25, 0.3) is 0 Å². The number of nitrogens with one attached hydrogen (secondary N) is 1. The fraction of sp³-hybridized carbons (Fsp3) is 0.0152. The first-order chi connectivity index (χ1) is 35.6. The molecule has 1 N–H and O–H groups in total. The van der Waals surface area contributed by atoms with Crippen LogP contribution in [0.3, 0.4) is 0 Å². The van der Waals surface area contributed by atoms with Crippen molar-refractivity contribution in [3.8, 4) is 89.8 Å². The first-order valence-electron chi connectivity index (χ1n) is 24.2. The second-order valence-electron chi connectivity index (χ2n) is 17.8. The lowest BCUT2D eigenvalue weighted by molar-refractivity contribution is 0.674. The molecule has 12 rings (SSSR count). The number of benzene rings is 10. The smallest absolute Gasteiger partial charge is 0.164 e. The minimum absolute atomic E-state index is 0.353. The summed E-state index contributed by atoms with van der Waals surface area (Å²) in [5, 5.41) is 3.72. The van der Waals surface area contributed by atoms with E-state index < -0.39 is 0 Å². The van der Waals surface area contributed by atoms with E-state index in [1.54, 1.807) is 0 Å². The summed E-state index contributed by atoms with van der Waals surface area (Å²) >= 11 is 0. The van der Waals surface area contributed by atoms with E-state index in [2.05, 4.69) is 199 Å². The standard InChI is InChI=1S/C66H46N6/c1-5-18-45(19-6-1)47-36-38-50(39-37-47)63-70-65(58-33-15-26-51(42-58)46-20-7-2-8-21-46)72-66(71-63)60-35-17-32-57(44-60)55-30-14-28-53(41-55)52-27-13-29-54(40-52)56-31-16-34-59(43-56)64-68-61(48-22-9-3-10-23-48)67-62(69-64)49-24-11-4-12-25-49/h1-44,63H,(H,70,71,72). The van der Waals surface area contributed by atoms with Crippen LogP contribution in [0.5, 0.6) is 0 Å². The number of aromatic nitrogens is 3. The largest absolute Gasteiger partial charge is 0.344 e. The number of nitrogens with zero attached hydrogens (tertiary/aromatic N) is 5. The number of hydrogen-bond donors (Lipinski definition) is 1. The van der Waals surface area contributed by atoms with Crippen LogP contribution in [0.4, 0.5) is 0 Å². The Balaban J connectivity index is 0.853. The van der Waals surface area contributed by atoms with E-state index in [4.69, 9.17) is 24.9 Å². The quantitative estimate of drug-likeness (QED) is 0.140. The predicted octanol–water partition coefficient (Wildman–Crippen LogP) is 15.7. The second-order valence-corrected chi connectivity index (χ2v) is 17.8. The van der Waals surface area contributed by atoms with Gasteiger partial charge in [-0.25, -0.2) is 24.9 Å². The van der Waals surface area contributed by atoms with Crippen LogP contribution in [-0.2, 0) is 0 Å². The third-order valence-electron chi connectivity index (χ3n) is 13.0. The van der Waals surface area contributed by atoms with Crippen LogP contribution in [0.2, 0.25) is 0 Å². The molecule has 1 unspecified atom stereocenters. The Morgan fingerprint density at radius 3 is 1.03 bits per heavy atom. The highest BCUT2D eigenvalue weighted by Gasteiger charge is 2.22. The molecule has 6 heteroatoms. The Morgan fingerprint density at radius 1 is 0.250 bits per heavy atom. The molecule has 0 saturated carbocycles. The van der Waals surface area contributed by atoms with Crippen molar-refractivity contribution in [3.63, 3.8) is 0 Å². The molecule has 1 aromatic heterocycles. The Labute approximate surface area is 419 Å². The van der Waals surface area contributed by atoms with Gasteiger partial charge in [-0.15, -0.1) is 0 Å². The van der Waals surface area contributed by atoms with Crippen LogP contribution in [0, 0.1) is 0 Å². The van der Waals surface area contributed by atoms with Crippen molar-refractivity contribution >= 4 is 11.7 Å². The molecule has 340 valence electrons. The molecule has 0 spiro atoms. The monoisotopic (exact) mass is 922 g/mol. The molecule has 2 heterocycles. The summed E-state index contributed by atoms with van der Waals surface area (Å²) in [7, 11) is 0. The minimum atomic E-state index is -0.353. The van der Waals surface area contributed by atoms with Crippen LogP contribution in [0.15, 0.2) is 277 Å². The zero-order chi connectivity index (χ0) is 48.1. The fourth-order valence-corrected chi connectivity index (χ4v) is 9.23. The summed E-state index contributed by atoms with van der Waals surface area (Å²) in [5.41, 5.74) is 17.0. The highest BCUT2D eigenvalue weighted by Crippen LogP contribution is 2.34. The van der Waals surface area contributed by atoms with Crippen molar-refractivity contribution in [2.24, 2.45) is 9.98 Å². The van der Waals surface area contributed by atoms with Gasteiger partial charge in [0.05, 0.1) is 0 Å². The molecule has 1 aliphatic rings. The van der Waals surface area contributed by atoms with Gasteiger partial charge in [0, 0.05) is 27.8 Å². The first-order valence-corrected chi connectivity index (χ1v) is 24.2. The normalized spacial score (nSPS) is 13.1. The van der Waals surface area contributed by atoms with E-state index in [-0.39, 0.29) is 6.17 Å². The average Bonchev–Trinajstić information content (AvgIpc) is 3.48. The molecule has 0 amide bonds. The molecule has 11 aromatic rings. The van der Waals surface area contributed by atoms with Crippen molar-refractivity contribution in [2.45, 2.75) is 6.17 Å². The topological polar surface area (TPSA) is 75.4 Å². The Kier molecular flexibility index (Phi) is 12.0. The molecule has 0 radical (unpaired) electrons. The zero-order valence-corrected chi connectivity index (χ0v) is 39.2. The molecular formula is C66H46N6. The molecule has 0 fully saturated rings. The predicted molar refractivity (Wildman–Crippen MR) is 295 cm³/mol. The van der Waals surface area contributed by atoms with Gasteiger partial charge < -0.3 is 5.32 Å². The second kappa shape index (κ2) is 19.8. The number of aliphatic imine (C=N–C) groups is 2. The van der Waals surface area contributed by atoms with Gasteiger partial charge in [-0.3, -0.25) is 0 Å². The fourth-order valence-electron chi connectivity index (χ4n) is 9.23. The third-order valence-corrected chi connectivity index (χ3v) is 13.0. The lowest BCUT2D eigenvalue weighted by atomic mass is 9.95. The maximum Gasteiger partial charge on any atom is 0.164 e. The Bertz CT molecular complexity index is 3700. The molecule has 0 bridgehead atoms. The van der Waals surface area contributed by atoms with Crippen molar-refractivity contribution in [2.75, 3.05) is 0 Å². The van der Waals surface area contributed by atoms with Crippen molar-refractivity contribution in [3.05, 3.63) is 284 Å². The van der Waals surface area contributed by atoms with Gasteiger partial charge >= 0.3 is 0 Å². The summed E-state index contributed by atoms with van der Waals surface area (Å²) in [4.78, 5) is 25.4. The van der Waals surface area contributed by atoms with Gasteiger partial charge in [0.2, 0.25) is 0 Å².